The Bertz CT molecular complexity index is 96.5. The summed E-state index contributed by atoms with van der Waals surface area (Å²) in [5.74, 6) is 0. The first-order valence-corrected chi connectivity index (χ1v) is 4.66. The molecule has 0 aromatic heterocycles. The standard InChI is InChI=1S/C9H20NO2/c1-8(2)10-7-9(12)5-3-4-6-11/h8-10,12H,3-7H2,1-2H3. The molecule has 0 spiro atoms. The number of hydrogen-bond acceptors (Lipinski definition) is 2. The minimum Gasteiger partial charge on any atom is -0.392 e. The molecule has 0 aromatic carbocycles. The van der Waals surface area contributed by atoms with E-state index in [9.17, 15) is 10.2 Å². The average molecular weight is 174 g/mol. The third-order valence-corrected chi connectivity index (χ3v) is 1.69. The summed E-state index contributed by atoms with van der Waals surface area (Å²) in [4.78, 5) is 0. The molecule has 0 saturated heterocycles. The maximum Gasteiger partial charge on any atom is 0.0822 e. The van der Waals surface area contributed by atoms with Gasteiger partial charge in [0.05, 0.1) is 12.7 Å². The Hall–Kier alpha value is -0.120. The van der Waals surface area contributed by atoms with Gasteiger partial charge in [0.2, 0.25) is 0 Å². The van der Waals surface area contributed by atoms with Crippen LogP contribution in [0.15, 0.2) is 0 Å². The van der Waals surface area contributed by atoms with Gasteiger partial charge in [0.1, 0.15) is 0 Å². The lowest BCUT2D eigenvalue weighted by atomic mass is 10.1. The van der Waals surface area contributed by atoms with E-state index in [1.165, 1.54) is 0 Å². The maximum atomic E-state index is 10.1. The first-order valence-electron chi connectivity index (χ1n) is 4.66. The summed E-state index contributed by atoms with van der Waals surface area (Å²) in [6.07, 6.45) is 1.96. The van der Waals surface area contributed by atoms with Gasteiger partial charge in [-0.3, -0.25) is 0 Å². The van der Waals surface area contributed by atoms with Crippen molar-refractivity contribution in [3.8, 4) is 0 Å². The van der Waals surface area contributed by atoms with Crippen molar-refractivity contribution in [3.63, 3.8) is 0 Å². The summed E-state index contributed by atoms with van der Waals surface area (Å²) in [7, 11) is 0. The number of rotatable bonds is 7. The topological polar surface area (TPSA) is 52.2 Å². The van der Waals surface area contributed by atoms with E-state index in [1.807, 2.05) is 13.8 Å². The van der Waals surface area contributed by atoms with Crippen LogP contribution in [-0.2, 0) is 5.11 Å². The van der Waals surface area contributed by atoms with Gasteiger partial charge in [0, 0.05) is 12.6 Å². The molecule has 0 amide bonds. The Labute approximate surface area is 74.8 Å². The molecule has 0 saturated carbocycles. The molecular weight excluding hydrogens is 154 g/mol. The van der Waals surface area contributed by atoms with E-state index in [0.717, 1.165) is 12.8 Å². The van der Waals surface area contributed by atoms with Crippen molar-refractivity contribution in [2.24, 2.45) is 0 Å². The second-order valence-electron chi connectivity index (χ2n) is 3.42. The first-order chi connectivity index (χ1) is 5.66. The van der Waals surface area contributed by atoms with E-state index in [0.29, 0.717) is 19.0 Å². The third-order valence-electron chi connectivity index (χ3n) is 1.69. The van der Waals surface area contributed by atoms with Gasteiger partial charge in [-0.25, -0.2) is 5.11 Å². The Morgan fingerprint density at radius 3 is 2.50 bits per heavy atom. The molecule has 1 unspecified atom stereocenters. The van der Waals surface area contributed by atoms with Gasteiger partial charge >= 0.3 is 0 Å². The Kier molecular flexibility index (Phi) is 7.45. The molecule has 12 heavy (non-hydrogen) atoms. The number of aliphatic hydroxyl groups is 1. The molecule has 1 atom stereocenters. The monoisotopic (exact) mass is 174 g/mol. The van der Waals surface area contributed by atoms with E-state index >= 15 is 0 Å². The first kappa shape index (κ1) is 11.9. The minimum absolute atomic E-state index is 0.0235. The van der Waals surface area contributed by atoms with Crippen molar-refractivity contribution < 1.29 is 10.2 Å². The van der Waals surface area contributed by atoms with E-state index in [-0.39, 0.29) is 12.7 Å². The van der Waals surface area contributed by atoms with Crippen molar-refractivity contribution in [1.82, 2.24) is 5.32 Å². The molecule has 0 aliphatic rings. The molecule has 0 aliphatic carbocycles. The molecule has 1 radical (unpaired) electrons. The van der Waals surface area contributed by atoms with E-state index in [1.54, 1.807) is 0 Å². The highest BCUT2D eigenvalue weighted by Crippen LogP contribution is 1.99. The quantitative estimate of drug-likeness (QED) is 0.564. The van der Waals surface area contributed by atoms with Crippen molar-refractivity contribution in [2.45, 2.75) is 45.3 Å². The molecule has 0 bridgehead atoms. The zero-order chi connectivity index (χ0) is 9.40. The fraction of sp³-hybridized carbons (Fsp3) is 1.00. The van der Waals surface area contributed by atoms with E-state index in [4.69, 9.17) is 0 Å². The van der Waals surface area contributed by atoms with Gasteiger partial charge in [0.25, 0.3) is 0 Å². The molecule has 2 N–H and O–H groups in total. The van der Waals surface area contributed by atoms with E-state index < -0.39 is 0 Å². The van der Waals surface area contributed by atoms with Crippen LogP contribution in [0.25, 0.3) is 0 Å². The van der Waals surface area contributed by atoms with Gasteiger partial charge in [-0.1, -0.05) is 13.8 Å². The lowest BCUT2D eigenvalue weighted by Crippen LogP contribution is -2.31. The van der Waals surface area contributed by atoms with Crippen LogP contribution in [0.2, 0.25) is 0 Å². The minimum atomic E-state index is -0.293. The largest absolute Gasteiger partial charge is 0.392 e. The van der Waals surface area contributed by atoms with Crippen molar-refractivity contribution >= 4 is 0 Å². The lowest BCUT2D eigenvalue weighted by molar-refractivity contribution is 0.143. The summed E-state index contributed by atoms with van der Waals surface area (Å²) in [5.41, 5.74) is 0. The molecular formula is C9H20NO2. The van der Waals surface area contributed by atoms with Crippen LogP contribution in [0.1, 0.15) is 33.1 Å². The molecule has 3 heteroatoms. The average Bonchev–Trinajstić information content (AvgIpc) is 2.01. The third kappa shape index (κ3) is 7.98. The Balaban J connectivity index is 3.15. The van der Waals surface area contributed by atoms with Crippen molar-refractivity contribution in [2.75, 3.05) is 13.2 Å². The number of nitrogens with one attached hydrogen (secondary N) is 1. The summed E-state index contributed by atoms with van der Waals surface area (Å²) in [6.45, 7) is 4.70. The van der Waals surface area contributed by atoms with Gasteiger partial charge in [-0.2, -0.15) is 0 Å². The number of hydrogen-bond donors (Lipinski definition) is 2. The van der Waals surface area contributed by atoms with Gasteiger partial charge in [-0.05, 0) is 19.3 Å². The second-order valence-corrected chi connectivity index (χ2v) is 3.42. The molecule has 0 rings (SSSR count). The number of unbranched alkanes of at least 4 members (excludes halogenated alkanes) is 1. The highest BCUT2D eigenvalue weighted by atomic mass is 16.3. The van der Waals surface area contributed by atoms with Gasteiger partial charge in [0.15, 0.2) is 0 Å². The van der Waals surface area contributed by atoms with Gasteiger partial charge < -0.3 is 10.4 Å². The van der Waals surface area contributed by atoms with Crippen LogP contribution in [0.3, 0.4) is 0 Å². The highest BCUT2D eigenvalue weighted by Gasteiger charge is 2.03. The van der Waals surface area contributed by atoms with Crippen LogP contribution in [0.5, 0.6) is 0 Å². The lowest BCUT2D eigenvalue weighted by Gasteiger charge is -2.13. The molecule has 3 nitrogen and oxygen atoms in total. The summed E-state index contributed by atoms with van der Waals surface area (Å²) in [6, 6.07) is 0.416. The van der Waals surface area contributed by atoms with Crippen molar-refractivity contribution in [1.29, 1.82) is 0 Å². The van der Waals surface area contributed by atoms with Crippen LogP contribution >= 0.6 is 0 Å². The van der Waals surface area contributed by atoms with Crippen molar-refractivity contribution in [3.05, 3.63) is 0 Å². The number of aliphatic hydroxyl groups excluding tert-OH is 1. The maximum absolute atomic E-state index is 10.1. The Morgan fingerprint density at radius 2 is 2.00 bits per heavy atom. The summed E-state index contributed by atoms with van der Waals surface area (Å²) in [5, 5.41) is 22.6. The van der Waals surface area contributed by atoms with E-state index in [2.05, 4.69) is 5.32 Å². The smallest absolute Gasteiger partial charge is 0.0822 e. The fourth-order valence-corrected chi connectivity index (χ4v) is 0.956. The zero-order valence-corrected chi connectivity index (χ0v) is 8.05. The SMILES string of the molecule is CC(C)NCC(O)CCCC[O]. The Morgan fingerprint density at radius 1 is 1.33 bits per heavy atom. The normalized spacial score (nSPS) is 13.8. The predicted octanol–water partition coefficient (Wildman–Crippen LogP) is 0.946. The van der Waals surface area contributed by atoms with Crippen LogP contribution in [0.4, 0.5) is 0 Å². The molecule has 0 fully saturated rings. The zero-order valence-electron chi connectivity index (χ0n) is 8.05. The molecule has 0 heterocycles. The van der Waals surface area contributed by atoms with Gasteiger partial charge in [-0.15, -0.1) is 0 Å². The fourth-order valence-electron chi connectivity index (χ4n) is 0.956. The molecule has 73 valence electrons. The molecule has 0 aromatic rings. The van der Waals surface area contributed by atoms with Crippen LogP contribution in [0, 0.1) is 0 Å². The van der Waals surface area contributed by atoms with Crippen LogP contribution in [-0.4, -0.2) is 30.4 Å². The van der Waals surface area contributed by atoms with Crippen LogP contribution < -0.4 is 5.32 Å². The highest BCUT2D eigenvalue weighted by molar-refractivity contribution is 4.61. The molecule has 0 aliphatic heterocycles. The predicted molar refractivity (Wildman–Crippen MR) is 48.6 cm³/mol. The summed E-state index contributed by atoms with van der Waals surface area (Å²) >= 11 is 0. The summed E-state index contributed by atoms with van der Waals surface area (Å²) < 4.78 is 0. The second kappa shape index (κ2) is 7.53.